The molecule has 1 heterocycles. The number of pyridine rings is 1. The van der Waals surface area contributed by atoms with E-state index in [9.17, 15) is 14.0 Å². The lowest BCUT2D eigenvalue weighted by Gasteiger charge is -2.11. The van der Waals surface area contributed by atoms with Gasteiger partial charge in [-0.15, -0.1) is 0 Å². The lowest BCUT2D eigenvalue weighted by atomic mass is 10.2. The predicted octanol–water partition coefficient (Wildman–Crippen LogP) is 4.20. The normalized spacial score (nSPS) is 10.8. The van der Waals surface area contributed by atoms with E-state index in [4.69, 9.17) is 11.6 Å². The standard InChI is InChI=1S/C17H11BrClFN2O2/c18-10-1-3-12-15(7-10)22(6-5-16(12)23)9-17(24)21-11-2-4-14(20)13(19)8-11/h1-8H,9H2,(H,21,24). The van der Waals surface area contributed by atoms with Crippen LogP contribution in [0.4, 0.5) is 10.1 Å². The third-order valence-corrected chi connectivity index (χ3v) is 4.24. The molecule has 0 radical (unpaired) electrons. The Labute approximate surface area is 150 Å². The van der Waals surface area contributed by atoms with Gasteiger partial charge in [-0.1, -0.05) is 27.5 Å². The van der Waals surface area contributed by atoms with Crippen LogP contribution in [0, 0.1) is 5.82 Å². The van der Waals surface area contributed by atoms with Gasteiger partial charge >= 0.3 is 0 Å². The summed E-state index contributed by atoms with van der Waals surface area (Å²) in [6, 6.07) is 10.6. The van der Waals surface area contributed by atoms with Gasteiger partial charge in [-0.3, -0.25) is 9.59 Å². The van der Waals surface area contributed by atoms with Gasteiger partial charge in [0.25, 0.3) is 0 Å². The van der Waals surface area contributed by atoms with E-state index in [-0.39, 0.29) is 22.9 Å². The second-order valence-electron chi connectivity index (χ2n) is 5.15. The van der Waals surface area contributed by atoms with Crippen molar-refractivity contribution in [2.45, 2.75) is 6.54 Å². The van der Waals surface area contributed by atoms with Gasteiger partial charge in [-0.2, -0.15) is 0 Å². The van der Waals surface area contributed by atoms with Crippen LogP contribution >= 0.6 is 27.5 Å². The van der Waals surface area contributed by atoms with Gasteiger partial charge in [0.05, 0.1) is 10.5 Å². The molecule has 0 fully saturated rings. The zero-order chi connectivity index (χ0) is 17.3. The molecule has 0 saturated carbocycles. The number of carbonyl (C=O) groups is 1. The van der Waals surface area contributed by atoms with Crippen molar-refractivity contribution in [3.05, 3.63) is 74.2 Å². The molecule has 0 aliphatic rings. The Morgan fingerprint density at radius 2 is 2.00 bits per heavy atom. The summed E-state index contributed by atoms with van der Waals surface area (Å²) >= 11 is 9.06. The molecule has 122 valence electrons. The molecule has 2 aromatic carbocycles. The van der Waals surface area contributed by atoms with E-state index in [0.29, 0.717) is 16.6 Å². The van der Waals surface area contributed by atoms with Gasteiger partial charge in [0.2, 0.25) is 5.91 Å². The minimum atomic E-state index is -0.550. The van der Waals surface area contributed by atoms with Crippen LogP contribution in [-0.2, 0) is 11.3 Å². The van der Waals surface area contributed by atoms with Crippen LogP contribution < -0.4 is 10.7 Å². The fourth-order valence-corrected chi connectivity index (χ4v) is 2.88. The summed E-state index contributed by atoms with van der Waals surface area (Å²) in [7, 11) is 0. The first-order valence-corrected chi connectivity index (χ1v) is 8.15. The molecule has 0 spiro atoms. The Balaban J connectivity index is 1.88. The largest absolute Gasteiger partial charge is 0.338 e. The number of rotatable bonds is 3. The molecule has 0 aliphatic carbocycles. The van der Waals surface area contributed by atoms with Crippen molar-refractivity contribution in [2.75, 3.05) is 5.32 Å². The predicted molar refractivity (Wildman–Crippen MR) is 95.9 cm³/mol. The van der Waals surface area contributed by atoms with E-state index in [1.165, 1.54) is 24.3 Å². The number of halogens is 3. The number of anilines is 1. The van der Waals surface area contributed by atoms with Crippen molar-refractivity contribution >= 4 is 50.0 Å². The van der Waals surface area contributed by atoms with Gasteiger partial charge in [-0.25, -0.2) is 4.39 Å². The van der Waals surface area contributed by atoms with Crippen molar-refractivity contribution in [3.63, 3.8) is 0 Å². The maximum Gasteiger partial charge on any atom is 0.244 e. The van der Waals surface area contributed by atoms with E-state index < -0.39 is 5.82 Å². The second kappa shape index (κ2) is 6.75. The molecule has 4 nitrogen and oxygen atoms in total. The Morgan fingerprint density at radius 3 is 2.75 bits per heavy atom. The molecule has 0 aliphatic heterocycles. The average molecular weight is 410 g/mol. The summed E-state index contributed by atoms with van der Waals surface area (Å²) < 4.78 is 15.6. The number of fused-ring (bicyclic) bond motifs is 1. The highest BCUT2D eigenvalue weighted by atomic mass is 79.9. The minimum Gasteiger partial charge on any atom is -0.338 e. The summed E-state index contributed by atoms with van der Waals surface area (Å²) in [6.07, 6.45) is 1.56. The van der Waals surface area contributed by atoms with Crippen LogP contribution in [0.2, 0.25) is 5.02 Å². The highest BCUT2D eigenvalue weighted by Gasteiger charge is 2.09. The first-order chi connectivity index (χ1) is 11.4. The zero-order valence-electron chi connectivity index (χ0n) is 12.2. The molecule has 0 atom stereocenters. The van der Waals surface area contributed by atoms with Crippen molar-refractivity contribution in [2.24, 2.45) is 0 Å². The maximum absolute atomic E-state index is 13.2. The van der Waals surface area contributed by atoms with Crippen LogP contribution in [0.25, 0.3) is 10.9 Å². The lowest BCUT2D eigenvalue weighted by Crippen LogP contribution is -2.20. The molecule has 0 bridgehead atoms. The van der Waals surface area contributed by atoms with E-state index in [1.54, 1.807) is 29.0 Å². The molecule has 1 aromatic heterocycles. The van der Waals surface area contributed by atoms with Crippen molar-refractivity contribution < 1.29 is 9.18 Å². The number of nitrogens with zero attached hydrogens (tertiary/aromatic N) is 1. The van der Waals surface area contributed by atoms with E-state index in [1.807, 2.05) is 0 Å². The summed E-state index contributed by atoms with van der Waals surface area (Å²) in [5, 5.41) is 3.11. The number of benzene rings is 2. The lowest BCUT2D eigenvalue weighted by molar-refractivity contribution is -0.116. The highest BCUT2D eigenvalue weighted by molar-refractivity contribution is 9.10. The third-order valence-electron chi connectivity index (χ3n) is 3.46. The first-order valence-electron chi connectivity index (χ1n) is 6.97. The molecule has 3 rings (SSSR count). The minimum absolute atomic E-state index is 0.00221. The molecule has 0 unspecified atom stereocenters. The molecular weight excluding hydrogens is 399 g/mol. The van der Waals surface area contributed by atoms with Crippen molar-refractivity contribution in [1.29, 1.82) is 0 Å². The molecule has 1 amide bonds. The van der Waals surface area contributed by atoms with Crippen LogP contribution in [0.3, 0.4) is 0 Å². The van der Waals surface area contributed by atoms with Crippen LogP contribution in [0.5, 0.6) is 0 Å². The smallest absolute Gasteiger partial charge is 0.244 e. The number of aromatic nitrogens is 1. The number of nitrogens with one attached hydrogen (secondary N) is 1. The number of carbonyl (C=O) groups excluding carboxylic acids is 1. The van der Waals surface area contributed by atoms with Gasteiger partial charge in [0.1, 0.15) is 12.4 Å². The number of hydrogen-bond donors (Lipinski definition) is 1. The third kappa shape index (κ3) is 3.49. The Bertz CT molecular complexity index is 1000. The molecule has 24 heavy (non-hydrogen) atoms. The quantitative estimate of drug-likeness (QED) is 0.705. The SMILES string of the molecule is O=C(Cn1ccc(=O)c2ccc(Br)cc21)Nc1ccc(F)c(Cl)c1. The van der Waals surface area contributed by atoms with E-state index in [2.05, 4.69) is 21.2 Å². The summed E-state index contributed by atoms with van der Waals surface area (Å²) in [6.45, 7) is 0.00221. The maximum atomic E-state index is 13.2. The fourth-order valence-electron chi connectivity index (χ4n) is 2.35. The molecule has 3 aromatic rings. The zero-order valence-corrected chi connectivity index (χ0v) is 14.6. The molecule has 0 saturated heterocycles. The number of hydrogen-bond acceptors (Lipinski definition) is 2. The highest BCUT2D eigenvalue weighted by Crippen LogP contribution is 2.20. The Morgan fingerprint density at radius 1 is 1.21 bits per heavy atom. The average Bonchev–Trinajstić information content (AvgIpc) is 2.53. The number of amides is 1. The fraction of sp³-hybridized carbons (Fsp3) is 0.0588. The van der Waals surface area contributed by atoms with Gasteiger partial charge in [0, 0.05) is 27.8 Å². The Kier molecular flexibility index (Phi) is 4.69. The monoisotopic (exact) mass is 408 g/mol. The first kappa shape index (κ1) is 16.7. The Hall–Kier alpha value is -2.18. The summed E-state index contributed by atoms with van der Waals surface area (Å²) in [5.41, 5.74) is 0.932. The molecule has 1 N–H and O–H groups in total. The molecular formula is C17H11BrClFN2O2. The summed E-state index contributed by atoms with van der Waals surface area (Å²) in [5.74, 6) is -0.867. The van der Waals surface area contributed by atoms with Crippen LogP contribution in [-0.4, -0.2) is 10.5 Å². The summed E-state index contributed by atoms with van der Waals surface area (Å²) in [4.78, 5) is 24.1. The van der Waals surface area contributed by atoms with Crippen molar-refractivity contribution in [1.82, 2.24) is 4.57 Å². The van der Waals surface area contributed by atoms with Gasteiger partial charge < -0.3 is 9.88 Å². The van der Waals surface area contributed by atoms with Gasteiger partial charge in [0.15, 0.2) is 5.43 Å². The second-order valence-corrected chi connectivity index (χ2v) is 6.47. The van der Waals surface area contributed by atoms with Crippen molar-refractivity contribution in [3.8, 4) is 0 Å². The van der Waals surface area contributed by atoms with E-state index >= 15 is 0 Å². The van der Waals surface area contributed by atoms with Crippen LogP contribution in [0.1, 0.15) is 0 Å². The topological polar surface area (TPSA) is 51.1 Å². The molecule has 7 heteroatoms. The van der Waals surface area contributed by atoms with Crippen LogP contribution in [0.15, 0.2) is 57.9 Å². The van der Waals surface area contributed by atoms with E-state index in [0.717, 1.165) is 4.47 Å². The van der Waals surface area contributed by atoms with Gasteiger partial charge in [-0.05, 0) is 36.4 Å².